The Morgan fingerprint density at radius 2 is 1.63 bits per heavy atom. The van der Waals surface area contributed by atoms with Gasteiger partial charge in [-0.1, -0.05) is 24.3 Å². The van der Waals surface area contributed by atoms with Crippen molar-refractivity contribution < 1.29 is 27.6 Å². The first-order chi connectivity index (χ1) is 18.0. The SMILES string of the molecule is CC(=O)C1(CC(=O)N(c2cccc(F)c2)C2CCCC(F)(F)C2)CCN(C(=O)N(C)c2ccccc2)CC1. The van der Waals surface area contributed by atoms with Crippen molar-refractivity contribution in [2.45, 2.75) is 63.8 Å². The molecule has 1 atom stereocenters. The number of hydrogen-bond donors (Lipinski definition) is 0. The monoisotopic (exact) mass is 529 g/mol. The lowest BCUT2D eigenvalue weighted by molar-refractivity contribution is -0.135. The number of amides is 3. The average Bonchev–Trinajstić information content (AvgIpc) is 2.88. The molecule has 0 spiro atoms. The Morgan fingerprint density at radius 3 is 2.24 bits per heavy atom. The third-order valence-electron chi connectivity index (χ3n) is 7.99. The Hall–Kier alpha value is -3.36. The molecule has 1 aliphatic carbocycles. The molecule has 2 aromatic carbocycles. The third kappa shape index (κ3) is 6.03. The van der Waals surface area contributed by atoms with Crippen LogP contribution < -0.4 is 9.80 Å². The predicted molar refractivity (Wildman–Crippen MR) is 140 cm³/mol. The fraction of sp³-hybridized carbons (Fsp3) is 0.483. The maximum absolute atomic E-state index is 14.3. The van der Waals surface area contributed by atoms with Crippen molar-refractivity contribution in [1.82, 2.24) is 4.90 Å². The molecule has 204 valence electrons. The summed E-state index contributed by atoms with van der Waals surface area (Å²) >= 11 is 0. The van der Waals surface area contributed by atoms with E-state index in [-0.39, 0.29) is 62.7 Å². The summed E-state index contributed by atoms with van der Waals surface area (Å²) in [6.45, 7) is 2.00. The van der Waals surface area contributed by atoms with E-state index in [1.165, 1.54) is 36.1 Å². The topological polar surface area (TPSA) is 60.9 Å². The standard InChI is InChI=1S/C29H34F3N3O3/c1-21(36)28(14-16-34(17-15-28)27(38)33(2)23-9-4-3-5-10-23)20-26(37)35(24-11-6-8-22(30)18-24)25-12-7-13-29(31,32)19-25/h3-6,8-11,18,25H,7,12-17,19-20H2,1-2H3. The summed E-state index contributed by atoms with van der Waals surface area (Å²) in [6, 6.07) is 13.6. The van der Waals surface area contributed by atoms with Crippen LogP contribution in [-0.4, -0.2) is 54.7 Å². The largest absolute Gasteiger partial charge is 0.324 e. The molecule has 1 saturated carbocycles. The van der Waals surface area contributed by atoms with Gasteiger partial charge in [0, 0.05) is 62.2 Å². The second-order valence-electron chi connectivity index (χ2n) is 10.5. The summed E-state index contributed by atoms with van der Waals surface area (Å²) in [5.74, 6) is -4.14. The van der Waals surface area contributed by atoms with E-state index in [1.807, 2.05) is 30.3 Å². The highest BCUT2D eigenvalue weighted by atomic mass is 19.3. The number of urea groups is 1. The summed E-state index contributed by atoms with van der Waals surface area (Å²) < 4.78 is 42.8. The number of hydrogen-bond acceptors (Lipinski definition) is 3. The molecule has 1 aliphatic heterocycles. The normalized spacial score (nSPS) is 20.4. The van der Waals surface area contributed by atoms with E-state index in [0.29, 0.717) is 6.42 Å². The lowest BCUT2D eigenvalue weighted by atomic mass is 9.72. The molecule has 0 radical (unpaired) electrons. The number of carbonyl (C=O) groups excluding carboxylic acids is 3. The van der Waals surface area contributed by atoms with Gasteiger partial charge in [-0.2, -0.15) is 0 Å². The fourth-order valence-electron chi connectivity index (χ4n) is 5.68. The highest BCUT2D eigenvalue weighted by molar-refractivity contribution is 5.98. The van der Waals surface area contributed by atoms with E-state index in [2.05, 4.69) is 0 Å². The van der Waals surface area contributed by atoms with Crippen LogP contribution in [0.4, 0.5) is 29.3 Å². The zero-order chi connectivity index (χ0) is 27.5. The van der Waals surface area contributed by atoms with Gasteiger partial charge in [-0.15, -0.1) is 0 Å². The van der Waals surface area contributed by atoms with Crippen molar-refractivity contribution in [3.8, 4) is 0 Å². The van der Waals surface area contributed by atoms with Crippen LogP contribution in [0.2, 0.25) is 0 Å². The molecule has 0 aromatic heterocycles. The van der Waals surface area contributed by atoms with Gasteiger partial charge in [0.15, 0.2) is 0 Å². The van der Waals surface area contributed by atoms with Crippen LogP contribution in [0.5, 0.6) is 0 Å². The number of piperidine rings is 1. The van der Waals surface area contributed by atoms with Gasteiger partial charge in [-0.3, -0.25) is 14.5 Å². The number of para-hydroxylation sites is 1. The van der Waals surface area contributed by atoms with E-state index in [4.69, 9.17) is 0 Å². The van der Waals surface area contributed by atoms with E-state index < -0.39 is 35.5 Å². The molecule has 1 unspecified atom stereocenters. The summed E-state index contributed by atoms with van der Waals surface area (Å²) in [5, 5.41) is 0. The first-order valence-corrected chi connectivity index (χ1v) is 13.1. The molecule has 6 nitrogen and oxygen atoms in total. The Kier molecular flexibility index (Phi) is 8.13. The quantitative estimate of drug-likeness (QED) is 0.458. The second kappa shape index (κ2) is 11.2. The number of likely N-dealkylation sites (tertiary alicyclic amines) is 1. The number of nitrogens with zero attached hydrogens (tertiary/aromatic N) is 3. The Bertz CT molecular complexity index is 1170. The molecule has 1 heterocycles. The lowest BCUT2D eigenvalue weighted by Gasteiger charge is -2.43. The van der Waals surface area contributed by atoms with Crippen molar-refractivity contribution >= 4 is 29.1 Å². The van der Waals surface area contributed by atoms with Crippen molar-refractivity contribution in [2.24, 2.45) is 5.41 Å². The molecule has 38 heavy (non-hydrogen) atoms. The highest BCUT2D eigenvalue weighted by Crippen LogP contribution is 2.41. The van der Waals surface area contributed by atoms with Gasteiger partial charge in [0.25, 0.3) is 0 Å². The molecule has 3 amide bonds. The molecule has 2 aliphatic rings. The summed E-state index contributed by atoms with van der Waals surface area (Å²) in [4.78, 5) is 44.2. The lowest BCUT2D eigenvalue weighted by Crippen LogP contribution is -2.52. The molecular formula is C29H34F3N3O3. The van der Waals surface area contributed by atoms with E-state index in [1.54, 1.807) is 16.8 Å². The number of carbonyl (C=O) groups is 3. The van der Waals surface area contributed by atoms with E-state index >= 15 is 0 Å². The van der Waals surface area contributed by atoms with Crippen molar-refractivity contribution in [1.29, 1.82) is 0 Å². The number of halogens is 3. The second-order valence-corrected chi connectivity index (χ2v) is 10.5. The first kappa shape index (κ1) is 27.7. The number of benzene rings is 2. The van der Waals surface area contributed by atoms with Gasteiger partial charge in [0.2, 0.25) is 11.8 Å². The minimum Gasteiger partial charge on any atom is -0.324 e. The maximum atomic E-state index is 14.3. The first-order valence-electron chi connectivity index (χ1n) is 13.1. The number of anilines is 2. The third-order valence-corrected chi connectivity index (χ3v) is 7.99. The molecule has 0 bridgehead atoms. The minimum atomic E-state index is -2.91. The van der Waals surface area contributed by atoms with Crippen molar-refractivity contribution in [2.75, 3.05) is 29.9 Å². The Morgan fingerprint density at radius 1 is 0.974 bits per heavy atom. The van der Waals surface area contributed by atoms with Crippen LogP contribution >= 0.6 is 0 Å². The van der Waals surface area contributed by atoms with Crippen LogP contribution in [-0.2, 0) is 9.59 Å². The molecule has 1 saturated heterocycles. The number of ketones is 1. The van der Waals surface area contributed by atoms with Crippen LogP contribution in [0, 0.1) is 11.2 Å². The minimum absolute atomic E-state index is 0.178. The molecule has 2 fully saturated rings. The Labute approximate surface area is 221 Å². The average molecular weight is 530 g/mol. The zero-order valence-corrected chi connectivity index (χ0v) is 21.8. The highest BCUT2D eigenvalue weighted by Gasteiger charge is 2.45. The van der Waals surface area contributed by atoms with Gasteiger partial charge < -0.3 is 9.80 Å². The summed E-state index contributed by atoms with van der Waals surface area (Å²) in [5.41, 5.74) is -0.0679. The fourth-order valence-corrected chi connectivity index (χ4v) is 5.68. The molecule has 4 rings (SSSR count). The summed E-state index contributed by atoms with van der Waals surface area (Å²) in [7, 11) is 1.69. The number of rotatable bonds is 6. The van der Waals surface area contributed by atoms with Crippen LogP contribution in [0.15, 0.2) is 54.6 Å². The van der Waals surface area contributed by atoms with Gasteiger partial charge in [0.05, 0.1) is 0 Å². The van der Waals surface area contributed by atoms with Crippen LogP contribution in [0.25, 0.3) is 0 Å². The van der Waals surface area contributed by atoms with Crippen molar-refractivity contribution in [3.05, 3.63) is 60.4 Å². The van der Waals surface area contributed by atoms with Crippen LogP contribution in [0.1, 0.15) is 51.9 Å². The Balaban J connectivity index is 1.52. The van der Waals surface area contributed by atoms with Crippen LogP contribution in [0.3, 0.4) is 0 Å². The van der Waals surface area contributed by atoms with Gasteiger partial charge in [0.1, 0.15) is 11.6 Å². The van der Waals surface area contributed by atoms with E-state index in [0.717, 1.165) is 5.69 Å². The molecular weight excluding hydrogens is 495 g/mol. The number of alkyl halides is 2. The van der Waals surface area contributed by atoms with Gasteiger partial charge in [-0.25, -0.2) is 18.0 Å². The van der Waals surface area contributed by atoms with Gasteiger partial charge >= 0.3 is 6.03 Å². The predicted octanol–water partition coefficient (Wildman–Crippen LogP) is 6.05. The van der Waals surface area contributed by atoms with Gasteiger partial charge in [-0.05, 0) is 62.9 Å². The smallest absolute Gasteiger partial charge is 0.324 e. The number of Topliss-reactive ketones (excluding diaryl/α,β-unsaturated/α-hetero) is 1. The molecule has 2 aromatic rings. The molecule has 9 heteroatoms. The van der Waals surface area contributed by atoms with E-state index in [9.17, 15) is 27.6 Å². The maximum Gasteiger partial charge on any atom is 0.324 e. The summed E-state index contributed by atoms with van der Waals surface area (Å²) in [6.07, 6.45) is 0.251. The van der Waals surface area contributed by atoms with Crippen molar-refractivity contribution in [3.63, 3.8) is 0 Å². The zero-order valence-electron chi connectivity index (χ0n) is 21.8. The molecule has 0 N–H and O–H groups in total.